The van der Waals surface area contributed by atoms with Gasteiger partial charge in [0, 0.05) is 135 Å². The summed E-state index contributed by atoms with van der Waals surface area (Å²) in [5, 5.41) is -2.80. The van der Waals surface area contributed by atoms with E-state index in [0.29, 0.717) is 21.6 Å². The van der Waals surface area contributed by atoms with Gasteiger partial charge in [-0.05, 0) is 127 Å². The number of alkyl halides is 6. The van der Waals surface area contributed by atoms with E-state index in [1.165, 1.54) is 46.2 Å². The van der Waals surface area contributed by atoms with E-state index in [0.717, 1.165) is 67.0 Å². The summed E-state index contributed by atoms with van der Waals surface area (Å²) in [6, 6.07) is -1.20. The van der Waals surface area contributed by atoms with Crippen LogP contribution in [0.2, 0.25) is 0 Å². The van der Waals surface area contributed by atoms with Crippen molar-refractivity contribution in [2.45, 2.75) is 105 Å². The first-order chi connectivity index (χ1) is 62.7. The van der Waals surface area contributed by atoms with Crippen molar-refractivity contribution in [1.82, 2.24) is 28.7 Å². The molecule has 8 aromatic carbocycles. The number of amides is 2. The van der Waals surface area contributed by atoms with E-state index in [1.54, 1.807) is 24.3 Å². The Hall–Kier alpha value is -9.04. The molecule has 12 nitrogen and oxygen atoms in total. The highest BCUT2D eigenvalue weighted by molar-refractivity contribution is 7.98. The normalized spacial score (nSPS) is 19.5. The van der Waals surface area contributed by atoms with Crippen LogP contribution in [0.1, 0.15) is 107 Å². The van der Waals surface area contributed by atoms with Crippen molar-refractivity contribution in [2.75, 3.05) is 66.5 Å². The molecule has 4 heterocycles. The number of hydrogen-bond acceptors (Lipinski definition) is 10. The second kappa shape index (κ2) is 34.9. The Bertz CT molecular complexity index is 6450. The fourth-order valence-corrected chi connectivity index (χ4v) is 12.5. The van der Waals surface area contributed by atoms with E-state index >= 15 is 9.18 Å². The van der Waals surface area contributed by atoms with E-state index in [4.69, 9.17) is 46.5 Å². The number of piperidine rings is 2. The molecule has 0 atom stereocenters. The molecular weight excluding hydrogens is 1410 g/mol. The predicted molar refractivity (Wildman–Crippen MR) is 391 cm³/mol. The number of aromatic nitrogens is 2. The van der Waals surface area contributed by atoms with Crippen molar-refractivity contribution in [2.24, 2.45) is 0 Å². The van der Waals surface area contributed by atoms with Crippen LogP contribution in [0.4, 0.5) is 43.9 Å². The van der Waals surface area contributed by atoms with Gasteiger partial charge in [0.2, 0.25) is 11.8 Å². The predicted octanol–water partition coefficient (Wildman–Crippen LogP) is 17.1. The number of thioether (sulfide) groups is 2. The second-order valence-corrected chi connectivity index (χ2v) is 24.8. The Kier molecular flexibility index (Phi) is 15.3. The van der Waals surface area contributed by atoms with Crippen molar-refractivity contribution >= 4 is 57.1 Å². The SMILES string of the molecule is [2H]C([2H])(Sc1cc(=O)c2ccccc2n1C([2H])([2H])C(=O)N(Cc1ccc(-c2ccc(C(F)(F)F)cc2)cc1)C1CCN(C([2H])([2H])C([2H])([2H])OC)CC1)c1cccc(F)c1F.[2H]c1c([2H])c(F)c(F)c(C([2H])([2H])Sc2c([2H])c(=O)c3c([2H])c(C)c([2H])c([2H])c3n2C([2H])([2H])C(=O)N(Cc2c([2H])c([2H])c(-c3c([2H])c([2H])c(C(F)(F)F)c([2H])c3[2H])c([2H])c2[2H])C2CCN(C([2H])([2H])C([2H])([2H])OC)CC2)c1[2H]. The van der Waals surface area contributed by atoms with Crippen LogP contribution in [0, 0.1) is 30.2 Å². The highest BCUT2D eigenvalue weighted by Gasteiger charge is 2.34. The molecule has 10 aromatic rings. The molecule has 0 N–H and O–H groups in total. The monoisotopic (exact) mass is 1520 g/mol. The van der Waals surface area contributed by atoms with Gasteiger partial charge in [0.1, 0.15) is 13.0 Å². The minimum Gasteiger partial charge on any atom is -0.383 e. The van der Waals surface area contributed by atoms with Gasteiger partial charge >= 0.3 is 12.4 Å². The Morgan fingerprint density at radius 1 is 0.524 bits per heavy atom. The maximum Gasteiger partial charge on any atom is 0.416 e. The lowest BCUT2D eigenvalue weighted by Crippen LogP contribution is -2.48. The Balaban J connectivity index is 0.000000268. The van der Waals surface area contributed by atoms with Gasteiger partial charge in [0.15, 0.2) is 34.1 Å². The van der Waals surface area contributed by atoms with Crippen LogP contribution in [-0.2, 0) is 68.9 Å². The maximum atomic E-state index is 15.6. The van der Waals surface area contributed by atoms with Crippen molar-refractivity contribution in [3.8, 4) is 22.3 Å². The first-order valence-corrected chi connectivity index (χ1v) is 33.2. The Labute approximate surface area is 653 Å². The summed E-state index contributed by atoms with van der Waals surface area (Å²) in [5.74, 6) is -10.2. The number of nitrogens with zero attached hydrogens (tertiary/aromatic N) is 6. The van der Waals surface area contributed by atoms with Gasteiger partial charge in [-0.1, -0.05) is 121 Å². The number of para-hydroxylation sites is 1. The molecule has 2 saturated heterocycles. The zero-order valence-corrected chi connectivity index (χ0v) is 56.8. The first-order valence-electron chi connectivity index (χ1n) is 47.0. The number of benzene rings is 8. The largest absolute Gasteiger partial charge is 0.416 e. The number of ether oxygens (including phenoxy) is 2. The zero-order valence-electron chi connectivity index (χ0n) is 86.2. The quantitative estimate of drug-likeness (QED) is 0.0428. The molecule has 2 aliphatic rings. The van der Waals surface area contributed by atoms with Gasteiger partial charge in [0.05, 0.1) is 76.9 Å². The van der Waals surface area contributed by atoms with Crippen molar-refractivity contribution in [3.63, 3.8) is 0 Å². The average Bonchev–Trinajstić information content (AvgIpc) is 0.708. The number of fused-ring (bicyclic) bond motifs is 2. The molecule has 2 amide bonds. The molecule has 0 unspecified atom stereocenters. The van der Waals surface area contributed by atoms with Crippen LogP contribution in [0.5, 0.6) is 0 Å². The summed E-state index contributed by atoms with van der Waals surface area (Å²) < 4.78 is 419. The number of halogens is 10. The minimum atomic E-state index is -5.43. The molecule has 0 aliphatic carbocycles. The van der Waals surface area contributed by atoms with Crippen molar-refractivity contribution < 1.29 is 105 Å². The van der Waals surface area contributed by atoms with Gasteiger partial charge in [-0.15, -0.1) is 23.5 Å². The molecule has 0 radical (unpaired) electrons. The highest BCUT2D eigenvalue weighted by Crippen LogP contribution is 2.36. The fraction of sp³-hybridized carbons (Fsp3) is 0.309. The summed E-state index contributed by atoms with van der Waals surface area (Å²) >= 11 is -0.326. The first kappa shape index (κ1) is 46.1. The smallest absolute Gasteiger partial charge is 0.383 e. The summed E-state index contributed by atoms with van der Waals surface area (Å²) in [5.41, 5.74) is -17.0. The van der Waals surface area contributed by atoms with Crippen LogP contribution >= 0.6 is 23.5 Å². The molecule has 24 heteroatoms. The molecular formula is C81H78F10N6O6S2. The summed E-state index contributed by atoms with van der Waals surface area (Å²) in [6.45, 7) is -19.8. The topological polar surface area (TPSA) is 110 Å². The number of carbonyl (C=O) groups excluding carboxylic acids is 2. The van der Waals surface area contributed by atoms with E-state index in [1.807, 2.05) is 0 Å². The molecule has 2 aromatic heterocycles. The highest BCUT2D eigenvalue weighted by atomic mass is 32.2. The Morgan fingerprint density at radius 3 is 1.63 bits per heavy atom. The second-order valence-electron chi connectivity index (χ2n) is 23.1. The van der Waals surface area contributed by atoms with Gasteiger partial charge in [0.25, 0.3) is 0 Å². The van der Waals surface area contributed by atoms with E-state index in [2.05, 4.69) is 0 Å². The third-order valence-electron chi connectivity index (χ3n) is 16.3. The third kappa shape index (κ3) is 19.5. The van der Waals surface area contributed by atoms with Crippen molar-refractivity contribution in [3.05, 3.63) is 270 Å². The molecule has 2 aliphatic heterocycles. The van der Waals surface area contributed by atoms with Crippen LogP contribution in [0.15, 0.2) is 207 Å². The number of methoxy groups -OCH3 is 2. The van der Waals surface area contributed by atoms with Gasteiger partial charge in [-0.3, -0.25) is 19.2 Å². The zero-order chi connectivity index (χ0) is 102. The standard InChI is InChI=1S/C41H40F5N3O3S.C40H38F5N3O3S/c1-27-6-15-36-34(22-27)37(50)23-39(53-26-31-4-3-5-35(42)40(31)43)49(36)25-38(51)48(33-16-18-47(19-17-33)20-21-52-2)24-28-7-9-29(10-8-28)30-11-13-32(14-12-30)41(44,45)46;1-51-22-21-46-19-17-32(18-20-46)47(24-27-9-11-28(12-10-27)29-13-15-31(16-14-29)40(43,44)45)37(50)25-48-35-8-3-2-6-33(35)36(49)23-38(48)52-26-30-5-4-7-34(41)39(30)42/h3-15,22-23,33H,16-21,24-26H2,1-2H3;2-16,23,32H,17-22,24-26H2,1H3/i3D,4D,5D,6D,7D,8D,9D,10D,11D,12D,13D,14D,15D,20D2,21D2,22D,23D,25D2,26D2;21D2,22D2,25D2,26D2. The van der Waals surface area contributed by atoms with Crippen LogP contribution in [-0.4, -0.2) is 119 Å². The number of hydrogen-bond donors (Lipinski definition) is 0. The van der Waals surface area contributed by atoms with Gasteiger partial charge in [-0.2, -0.15) is 26.3 Å². The molecule has 0 saturated carbocycles. The molecule has 550 valence electrons. The number of rotatable bonds is 24. The average molecular weight is 1520 g/mol. The number of carbonyl (C=O) groups is 2. The summed E-state index contributed by atoms with van der Waals surface area (Å²) in [4.78, 5) is 61.9. The van der Waals surface area contributed by atoms with E-state index in [9.17, 15) is 59.4 Å². The fourth-order valence-electron chi connectivity index (χ4n) is 11.0. The van der Waals surface area contributed by atoms with Gasteiger partial charge < -0.3 is 38.2 Å². The van der Waals surface area contributed by atoms with Crippen molar-refractivity contribution in [1.29, 1.82) is 0 Å². The molecule has 0 bridgehead atoms. The maximum absolute atomic E-state index is 15.6. The lowest BCUT2D eigenvalue weighted by molar-refractivity contribution is -0.138. The molecule has 2 fully saturated rings. The minimum absolute atomic E-state index is 0.0200. The lowest BCUT2D eigenvalue weighted by atomic mass is 10.00. The van der Waals surface area contributed by atoms with E-state index in [-0.39, 0.29) is 65.3 Å². The van der Waals surface area contributed by atoms with Crippen LogP contribution in [0.25, 0.3) is 44.1 Å². The Morgan fingerprint density at radius 2 is 1.05 bits per heavy atom. The third-order valence-corrected chi connectivity index (χ3v) is 17.9. The molecule has 105 heavy (non-hydrogen) atoms. The number of pyridine rings is 2. The van der Waals surface area contributed by atoms with Crippen LogP contribution in [0.3, 0.4) is 0 Å². The molecule has 12 rings (SSSR count). The summed E-state index contributed by atoms with van der Waals surface area (Å²) in [7, 11) is 1.91. The van der Waals surface area contributed by atoms with Gasteiger partial charge in [-0.25, -0.2) is 17.6 Å². The number of likely N-dealkylation sites (tertiary alicyclic amines) is 2. The van der Waals surface area contributed by atoms with Crippen LogP contribution < -0.4 is 10.9 Å². The summed E-state index contributed by atoms with van der Waals surface area (Å²) in [6.07, 6.45) is -10.8. The lowest BCUT2D eigenvalue weighted by Gasteiger charge is -2.39. The molecule has 0 spiro atoms. The van der Waals surface area contributed by atoms with E-state index < -0.39 is 316 Å².